The smallest absolute Gasteiger partial charge is 0.225 e. The Morgan fingerprint density at radius 2 is 1.64 bits per heavy atom. The second kappa shape index (κ2) is 9.02. The van der Waals surface area contributed by atoms with Gasteiger partial charge in [-0.2, -0.15) is 0 Å². The highest BCUT2D eigenvalue weighted by atomic mass is 35.5. The number of hydrogen-bond donors (Lipinski definition) is 1. The van der Waals surface area contributed by atoms with Crippen LogP contribution in [-0.4, -0.2) is 53.5 Å². The fraction of sp³-hybridized carbons (Fsp3) is 0.650. The van der Waals surface area contributed by atoms with Crippen LogP contribution in [0.2, 0.25) is 5.02 Å². The molecule has 2 heterocycles. The Kier molecular flexibility index (Phi) is 6.74. The molecule has 2 aliphatic heterocycles. The predicted octanol–water partition coefficient (Wildman–Crippen LogP) is 3.49. The molecule has 4 nitrogen and oxygen atoms in total. The number of rotatable bonds is 4. The molecule has 0 aromatic heterocycles. The molecule has 1 aromatic rings. The van der Waals surface area contributed by atoms with Crippen LogP contribution in [0.1, 0.15) is 50.2 Å². The summed E-state index contributed by atoms with van der Waals surface area (Å²) < 4.78 is 0. The van der Waals surface area contributed by atoms with Crippen molar-refractivity contribution < 1.29 is 9.90 Å². The summed E-state index contributed by atoms with van der Waals surface area (Å²) in [6.07, 6.45) is 6.12. The number of carbonyl (C=O) groups excluding carboxylic acids is 1. The molecule has 3 rings (SSSR count). The van der Waals surface area contributed by atoms with Gasteiger partial charge in [0, 0.05) is 30.6 Å². The van der Waals surface area contributed by atoms with E-state index in [-0.39, 0.29) is 5.92 Å². The van der Waals surface area contributed by atoms with Crippen LogP contribution in [0, 0.1) is 5.92 Å². The lowest BCUT2D eigenvalue weighted by molar-refractivity contribution is -0.137. The molecule has 0 bridgehead atoms. The number of aliphatic hydroxyl groups excluding tert-OH is 1. The first-order valence-electron chi connectivity index (χ1n) is 9.58. The van der Waals surface area contributed by atoms with Gasteiger partial charge in [0.2, 0.25) is 5.91 Å². The predicted molar refractivity (Wildman–Crippen MR) is 101 cm³/mol. The molecule has 5 heteroatoms. The van der Waals surface area contributed by atoms with Crippen LogP contribution < -0.4 is 0 Å². The molecule has 1 aromatic carbocycles. The van der Waals surface area contributed by atoms with Crippen molar-refractivity contribution in [3.63, 3.8) is 0 Å². The van der Waals surface area contributed by atoms with Crippen LogP contribution in [-0.2, 0) is 4.79 Å². The standard InChI is InChI=1S/C20H29ClN2O2/c21-18-7-5-16(6-8-18)19(24)15-22-13-9-17(10-14-22)20(25)23-11-3-1-2-4-12-23/h5-8,17,19,24H,1-4,9-15H2. The molecule has 25 heavy (non-hydrogen) atoms. The quantitative estimate of drug-likeness (QED) is 0.889. The van der Waals surface area contributed by atoms with Crippen molar-refractivity contribution >= 4 is 17.5 Å². The van der Waals surface area contributed by atoms with E-state index in [2.05, 4.69) is 9.80 Å². The highest BCUT2D eigenvalue weighted by Gasteiger charge is 2.29. The van der Waals surface area contributed by atoms with E-state index in [4.69, 9.17) is 11.6 Å². The molecule has 138 valence electrons. The monoisotopic (exact) mass is 364 g/mol. The largest absolute Gasteiger partial charge is 0.387 e. The van der Waals surface area contributed by atoms with Crippen molar-refractivity contribution in [3.8, 4) is 0 Å². The third-order valence-corrected chi connectivity index (χ3v) is 5.79. The SMILES string of the molecule is O=C(C1CCN(CC(O)c2ccc(Cl)cc2)CC1)N1CCCCCC1. The number of likely N-dealkylation sites (tertiary alicyclic amines) is 2. The number of benzene rings is 1. The van der Waals surface area contributed by atoms with Crippen LogP contribution >= 0.6 is 11.6 Å². The summed E-state index contributed by atoms with van der Waals surface area (Å²) in [6.45, 7) is 4.26. The first-order valence-corrected chi connectivity index (χ1v) is 9.96. The second-order valence-corrected chi connectivity index (χ2v) is 7.82. The zero-order valence-electron chi connectivity index (χ0n) is 14.9. The highest BCUT2D eigenvalue weighted by molar-refractivity contribution is 6.30. The second-order valence-electron chi connectivity index (χ2n) is 7.38. The van der Waals surface area contributed by atoms with Crippen molar-refractivity contribution in [2.75, 3.05) is 32.7 Å². The van der Waals surface area contributed by atoms with E-state index >= 15 is 0 Å². The molecular formula is C20H29ClN2O2. The molecule has 2 fully saturated rings. The summed E-state index contributed by atoms with van der Waals surface area (Å²) in [5.41, 5.74) is 0.896. The minimum atomic E-state index is -0.505. The van der Waals surface area contributed by atoms with Crippen molar-refractivity contribution in [2.45, 2.75) is 44.6 Å². The number of nitrogens with zero attached hydrogens (tertiary/aromatic N) is 2. The van der Waals surface area contributed by atoms with Gasteiger partial charge in [-0.15, -0.1) is 0 Å². The van der Waals surface area contributed by atoms with Crippen LogP contribution in [0.3, 0.4) is 0 Å². The molecule has 2 saturated heterocycles. The topological polar surface area (TPSA) is 43.8 Å². The average molecular weight is 365 g/mol. The Hall–Kier alpha value is -1.10. The first-order chi connectivity index (χ1) is 12.1. The van der Waals surface area contributed by atoms with Crippen LogP contribution in [0.25, 0.3) is 0 Å². The summed E-state index contributed by atoms with van der Waals surface area (Å²) >= 11 is 5.90. The molecule has 2 aliphatic rings. The van der Waals surface area contributed by atoms with Gasteiger partial charge in [0.05, 0.1) is 6.10 Å². The van der Waals surface area contributed by atoms with Crippen molar-refractivity contribution in [1.82, 2.24) is 9.80 Å². The zero-order chi connectivity index (χ0) is 17.6. The summed E-state index contributed by atoms with van der Waals surface area (Å²) in [7, 11) is 0. The number of β-amino-alcohol motifs (C(OH)–C–C–N with tert-alkyl or cyclic N) is 1. The van der Waals surface area contributed by atoms with Crippen molar-refractivity contribution in [1.29, 1.82) is 0 Å². The number of hydrogen-bond acceptors (Lipinski definition) is 3. The van der Waals surface area contributed by atoms with Crippen LogP contribution in [0.15, 0.2) is 24.3 Å². The van der Waals surface area contributed by atoms with E-state index in [9.17, 15) is 9.90 Å². The van der Waals surface area contributed by atoms with Gasteiger partial charge in [0.15, 0.2) is 0 Å². The van der Waals surface area contributed by atoms with Gasteiger partial charge in [0.1, 0.15) is 0 Å². The Labute approximate surface area is 155 Å². The summed E-state index contributed by atoms with van der Waals surface area (Å²) in [5.74, 6) is 0.529. The van der Waals surface area contributed by atoms with E-state index in [0.717, 1.165) is 57.4 Å². The normalized spacial score (nSPS) is 21.8. The fourth-order valence-electron chi connectivity index (χ4n) is 3.95. The molecule has 1 amide bonds. The van der Waals surface area contributed by atoms with Crippen LogP contribution in [0.5, 0.6) is 0 Å². The lowest BCUT2D eigenvalue weighted by atomic mass is 9.94. The van der Waals surface area contributed by atoms with Gasteiger partial charge in [-0.05, 0) is 56.5 Å². The fourth-order valence-corrected chi connectivity index (χ4v) is 4.07. The van der Waals surface area contributed by atoms with Gasteiger partial charge < -0.3 is 14.9 Å². The third-order valence-electron chi connectivity index (χ3n) is 5.54. The van der Waals surface area contributed by atoms with Gasteiger partial charge in [0.25, 0.3) is 0 Å². The first kappa shape index (κ1) is 18.7. The minimum absolute atomic E-state index is 0.169. The Bertz CT molecular complexity index is 547. The Morgan fingerprint density at radius 1 is 1.04 bits per heavy atom. The van der Waals surface area contributed by atoms with Crippen LogP contribution in [0.4, 0.5) is 0 Å². The van der Waals surface area contributed by atoms with E-state index in [1.54, 1.807) is 0 Å². The molecule has 0 spiro atoms. The molecule has 0 radical (unpaired) electrons. The summed E-state index contributed by atoms with van der Waals surface area (Å²) in [6, 6.07) is 7.38. The minimum Gasteiger partial charge on any atom is -0.387 e. The zero-order valence-corrected chi connectivity index (χ0v) is 15.6. The number of halogens is 1. The molecule has 0 aliphatic carbocycles. The van der Waals surface area contributed by atoms with E-state index < -0.39 is 6.10 Å². The van der Waals surface area contributed by atoms with Gasteiger partial charge in [-0.1, -0.05) is 36.6 Å². The highest BCUT2D eigenvalue weighted by Crippen LogP contribution is 2.24. The van der Waals surface area contributed by atoms with E-state index in [1.807, 2.05) is 24.3 Å². The lowest BCUT2D eigenvalue weighted by Gasteiger charge is -2.34. The number of aliphatic hydroxyl groups is 1. The molecule has 0 saturated carbocycles. The summed E-state index contributed by atoms with van der Waals surface area (Å²) in [5, 5.41) is 11.1. The maximum atomic E-state index is 12.7. The lowest BCUT2D eigenvalue weighted by Crippen LogP contribution is -2.43. The molecule has 1 unspecified atom stereocenters. The molecule has 1 atom stereocenters. The third kappa shape index (κ3) is 5.19. The number of piperidine rings is 1. The number of amides is 1. The van der Waals surface area contributed by atoms with Gasteiger partial charge in [-0.3, -0.25) is 4.79 Å². The summed E-state index contributed by atoms with van der Waals surface area (Å²) in [4.78, 5) is 17.1. The van der Waals surface area contributed by atoms with Crippen molar-refractivity contribution in [3.05, 3.63) is 34.9 Å². The van der Waals surface area contributed by atoms with E-state index in [0.29, 0.717) is 17.5 Å². The molecule has 1 N–H and O–H groups in total. The maximum absolute atomic E-state index is 12.7. The Balaban J connectivity index is 1.46. The average Bonchev–Trinajstić information content (AvgIpc) is 2.92. The molecular weight excluding hydrogens is 336 g/mol. The van der Waals surface area contributed by atoms with Gasteiger partial charge >= 0.3 is 0 Å². The maximum Gasteiger partial charge on any atom is 0.225 e. The number of carbonyl (C=O) groups is 1. The van der Waals surface area contributed by atoms with E-state index in [1.165, 1.54) is 12.8 Å². The van der Waals surface area contributed by atoms with Crippen molar-refractivity contribution in [2.24, 2.45) is 5.92 Å². The van der Waals surface area contributed by atoms with Gasteiger partial charge in [-0.25, -0.2) is 0 Å². The Morgan fingerprint density at radius 3 is 2.24 bits per heavy atom.